The molecule has 0 spiro atoms. The summed E-state index contributed by atoms with van der Waals surface area (Å²) in [5.41, 5.74) is -0.0662. The second-order valence-electron chi connectivity index (χ2n) is 4.69. The van der Waals surface area contributed by atoms with Crippen molar-refractivity contribution in [3.63, 3.8) is 0 Å². The molecule has 0 heterocycles. The van der Waals surface area contributed by atoms with Crippen molar-refractivity contribution >= 4 is 5.91 Å². The predicted molar refractivity (Wildman–Crippen MR) is 60.6 cm³/mol. The fourth-order valence-electron chi connectivity index (χ4n) is 1.99. The number of benzene rings is 1. The largest absolute Gasteiger partial charge is 0.353 e. The summed E-state index contributed by atoms with van der Waals surface area (Å²) < 4.78 is 13.6. The Bertz CT molecular complexity index is 410. The van der Waals surface area contributed by atoms with Gasteiger partial charge in [-0.15, -0.1) is 0 Å². The maximum atomic E-state index is 13.6. The van der Waals surface area contributed by atoms with Crippen molar-refractivity contribution in [2.24, 2.45) is 0 Å². The molecule has 0 unspecified atom stereocenters. The lowest BCUT2D eigenvalue weighted by Gasteiger charge is -2.18. The molecule has 1 aliphatic carbocycles. The van der Waals surface area contributed by atoms with E-state index in [1.807, 2.05) is 13.8 Å². The zero-order chi connectivity index (χ0) is 11.8. The van der Waals surface area contributed by atoms with Crippen molar-refractivity contribution in [1.82, 2.24) is 5.32 Å². The Kier molecular flexibility index (Phi) is 2.70. The quantitative estimate of drug-likeness (QED) is 0.834. The van der Waals surface area contributed by atoms with Crippen LogP contribution in [0.3, 0.4) is 0 Å². The number of rotatable bonds is 3. The van der Waals surface area contributed by atoms with Gasteiger partial charge in [0.25, 0.3) is 0 Å². The summed E-state index contributed by atoms with van der Waals surface area (Å²) in [5.74, 6) is -0.327. The molecular weight excluding hydrogens is 205 g/mol. The molecule has 1 aliphatic rings. The number of carbonyl (C=O) groups excluding carboxylic acids is 1. The molecule has 1 aromatic carbocycles. The van der Waals surface area contributed by atoms with Crippen LogP contribution in [0.5, 0.6) is 0 Å². The van der Waals surface area contributed by atoms with Crippen LogP contribution in [0.25, 0.3) is 0 Å². The average Bonchev–Trinajstić information content (AvgIpc) is 2.98. The standard InChI is InChI=1S/C13H16FNO/c1-9(2)15-12(16)13(7-8-13)10-5-3-4-6-11(10)14/h3-6,9H,7-8H2,1-2H3,(H,15,16). The van der Waals surface area contributed by atoms with E-state index in [-0.39, 0.29) is 17.8 Å². The number of carbonyl (C=O) groups is 1. The van der Waals surface area contributed by atoms with E-state index in [0.29, 0.717) is 5.56 Å². The first-order chi connectivity index (χ1) is 7.56. The molecule has 1 fully saturated rings. The minimum absolute atomic E-state index is 0.0485. The topological polar surface area (TPSA) is 29.1 Å². The third-order valence-corrected chi connectivity index (χ3v) is 2.99. The monoisotopic (exact) mass is 221 g/mol. The van der Waals surface area contributed by atoms with E-state index in [2.05, 4.69) is 5.32 Å². The van der Waals surface area contributed by atoms with E-state index < -0.39 is 5.41 Å². The third-order valence-electron chi connectivity index (χ3n) is 2.99. The first kappa shape index (κ1) is 11.1. The predicted octanol–water partition coefficient (Wildman–Crippen LogP) is 2.38. The summed E-state index contributed by atoms with van der Waals surface area (Å²) >= 11 is 0. The van der Waals surface area contributed by atoms with E-state index in [0.717, 1.165) is 12.8 Å². The Morgan fingerprint density at radius 1 is 1.38 bits per heavy atom. The van der Waals surface area contributed by atoms with E-state index >= 15 is 0 Å². The van der Waals surface area contributed by atoms with Gasteiger partial charge in [0.2, 0.25) is 5.91 Å². The Balaban J connectivity index is 2.27. The molecular formula is C13H16FNO. The van der Waals surface area contributed by atoms with Crippen molar-refractivity contribution in [2.45, 2.75) is 38.1 Å². The molecule has 0 bridgehead atoms. The van der Waals surface area contributed by atoms with Crippen LogP contribution in [0.4, 0.5) is 4.39 Å². The molecule has 0 saturated heterocycles. The summed E-state index contributed by atoms with van der Waals surface area (Å²) in [6, 6.07) is 6.65. The summed E-state index contributed by atoms with van der Waals surface area (Å²) in [6.07, 6.45) is 1.49. The second-order valence-corrected chi connectivity index (χ2v) is 4.69. The Labute approximate surface area is 94.9 Å². The molecule has 0 atom stereocenters. The van der Waals surface area contributed by atoms with Gasteiger partial charge < -0.3 is 5.32 Å². The molecule has 0 radical (unpaired) electrons. The van der Waals surface area contributed by atoms with Crippen LogP contribution in [-0.4, -0.2) is 11.9 Å². The summed E-state index contributed by atoms with van der Waals surface area (Å²) in [7, 11) is 0. The summed E-state index contributed by atoms with van der Waals surface area (Å²) in [4.78, 5) is 12.0. The van der Waals surface area contributed by atoms with Crippen molar-refractivity contribution in [1.29, 1.82) is 0 Å². The molecule has 1 N–H and O–H groups in total. The third kappa shape index (κ3) is 1.82. The molecule has 1 saturated carbocycles. The fraction of sp³-hybridized carbons (Fsp3) is 0.462. The maximum absolute atomic E-state index is 13.6. The van der Waals surface area contributed by atoms with Gasteiger partial charge in [0.05, 0.1) is 5.41 Å². The van der Waals surface area contributed by atoms with Gasteiger partial charge in [-0.05, 0) is 32.8 Å². The first-order valence-corrected chi connectivity index (χ1v) is 5.62. The minimum Gasteiger partial charge on any atom is -0.353 e. The maximum Gasteiger partial charge on any atom is 0.230 e. The lowest BCUT2D eigenvalue weighted by atomic mass is 9.94. The molecule has 0 aliphatic heterocycles. The van der Waals surface area contributed by atoms with Gasteiger partial charge >= 0.3 is 0 Å². The molecule has 86 valence electrons. The van der Waals surface area contributed by atoms with E-state index in [1.165, 1.54) is 6.07 Å². The normalized spacial score (nSPS) is 17.2. The number of amides is 1. The van der Waals surface area contributed by atoms with Crippen molar-refractivity contribution in [3.05, 3.63) is 35.6 Å². The van der Waals surface area contributed by atoms with Crippen LogP contribution in [-0.2, 0) is 10.2 Å². The van der Waals surface area contributed by atoms with Gasteiger partial charge in [-0.25, -0.2) is 4.39 Å². The average molecular weight is 221 g/mol. The Morgan fingerprint density at radius 3 is 2.50 bits per heavy atom. The van der Waals surface area contributed by atoms with Crippen molar-refractivity contribution in [3.8, 4) is 0 Å². The van der Waals surface area contributed by atoms with Gasteiger partial charge in [0.15, 0.2) is 0 Å². The van der Waals surface area contributed by atoms with Crippen LogP contribution >= 0.6 is 0 Å². The minimum atomic E-state index is -0.602. The summed E-state index contributed by atoms with van der Waals surface area (Å²) in [6.45, 7) is 3.82. The van der Waals surface area contributed by atoms with Crippen LogP contribution < -0.4 is 5.32 Å². The van der Waals surface area contributed by atoms with Gasteiger partial charge in [0.1, 0.15) is 5.82 Å². The van der Waals surface area contributed by atoms with Gasteiger partial charge in [-0.3, -0.25) is 4.79 Å². The van der Waals surface area contributed by atoms with Gasteiger partial charge in [-0.1, -0.05) is 18.2 Å². The van der Waals surface area contributed by atoms with Crippen LogP contribution in [0.1, 0.15) is 32.3 Å². The highest BCUT2D eigenvalue weighted by Gasteiger charge is 2.52. The van der Waals surface area contributed by atoms with Crippen molar-refractivity contribution < 1.29 is 9.18 Å². The second kappa shape index (κ2) is 3.89. The highest BCUT2D eigenvalue weighted by atomic mass is 19.1. The number of hydrogen-bond donors (Lipinski definition) is 1. The van der Waals surface area contributed by atoms with E-state index in [1.54, 1.807) is 18.2 Å². The molecule has 16 heavy (non-hydrogen) atoms. The first-order valence-electron chi connectivity index (χ1n) is 5.62. The molecule has 0 aromatic heterocycles. The number of nitrogens with one attached hydrogen (secondary N) is 1. The van der Waals surface area contributed by atoms with Crippen LogP contribution in [0.15, 0.2) is 24.3 Å². The zero-order valence-corrected chi connectivity index (χ0v) is 9.59. The van der Waals surface area contributed by atoms with Crippen LogP contribution in [0, 0.1) is 5.82 Å². The number of halogens is 1. The van der Waals surface area contributed by atoms with Gasteiger partial charge in [0, 0.05) is 11.6 Å². The highest BCUT2D eigenvalue weighted by Crippen LogP contribution is 2.49. The number of hydrogen-bond acceptors (Lipinski definition) is 1. The Hall–Kier alpha value is -1.38. The molecule has 1 amide bonds. The van der Waals surface area contributed by atoms with Crippen LogP contribution in [0.2, 0.25) is 0 Å². The molecule has 3 heteroatoms. The zero-order valence-electron chi connectivity index (χ0n) is 9.59. The van der Waals surface area contributed by atoms with Gasteiger partial charge in [-0.2, -0.15) is 0 Å². The molecule has 2 rings (SSSR count). The fourth-order valence-corrected chi connectivity index (χ4v) is 1.99. The van der Waals surface area contributed by atoms with E-state index in [9.17, 15) is 9.18 Å². The smallest absolute Gasteiger partial charge is 0.230 e. The van der Waals surface area contributed by atoms with Crippen molar-refractivity contribution in [2.75, 3.05) is 0 Å². The lowest BCUT2D eigenvalue weighted by Crippen LogP contribution is -2.39. The SMILES string of the molecule is CC(C)NC(=O)C1(c2ccccc2F)CC1. The Morgan fingerprint density at radius 2 is 2.00 bits per heavy atom. The molecule has 1 aromatic rings. The lowest BCUT2D eigenvalue weighted by molar-refractivity contribution is -0.124. The summed E-state index contributed by atoms with van der Waals surface area (Å²) in [5, 5.41) is 2.87. The highest BCUT2D eigenvalue weighted by molar-refractivity contribution is 5.91. The van der Waals surface area contributed by atoms with E-state index in [4.69, 9.17) is 0 Å². The molecule has 2 nitrogen and oxygen atoms in total.